The van der Waals surface area contributed by atoms with Crippen molar-refractivity contribution in [1.29, 1.82) is 0 Å². The van der Waals surface area contributed by atoms with E-state index in [2.05, 4.69) is 19.2 Å². The number of carbonyl (C=O) groups excluding carboxylic acids is 1. The molecule has 0 aromatic heterocycles. The Balaban J connectivity index is 1.74. The van der Waals surface area contributed by atoms with E-state index in [9.17, 15) is 4.79 Å². The summed E-state index contributed by atoms with van der Waals surface area (Å²) in [7, 11) is 0. The van der Waals surface area contributed by atoms with Crippen LogP contribution in [0.3, 0.4) is 0 Å². The lowest BCUT2D eigenvalue weighted by molar-refractivity contribution is -0.121. The summed E-state index contributed by atoms with van der Waals surface area (Å²) in [5.41, 5.74) is 0. The molecule has 0 heterocycles. The highest BCUT2D eigenvalue weighted by Crippen LogP contribution is 2.31. The van der Waals surface area contributed by atoms with E-state index in [0.29, 0.717) is 12.0 Å². The molecule has 19 heavy (non-hydrogen) atoms. The van der Waals surface area contributed by atoms with Crippen LogP contribution in [-0.4, -0.2) is 22.4 Å². The highest BCUT2D eigenvalue weighted by atomic mass is 32.2. The fourth-order valence-corrected chi connectivity index (χ4v) is 4.76. The molecule has 0 aliphatic heterocycles. The van der Waals surface area contributed by atoms with Gasteiger partial charge in [-0.25, -0.2) is 0 Å². The van der Waals surface area contributed by atoms with Gasteiger partial charge in [0.25, 0.3) is 0 Å². The van der Waals surface area contributed by atoms with Crippen molar-refractivity contribution in [1.82, 2.24) is 5.32 Å². The SMILES string of the molecule is CC(SC1CCCCC1)C(=O)NC1CCCCC1C. The first-order valence-electron chi connectivity index (χ1n) is 8.12. The molecule has 1 N–H and O–H groups in total. The molecule has 2 aliphatic rings. The van der Waals surface area contributed by atoms with Crippen molar-refractivity contribution in [3.8, 4) is 0 Å². The lowest BCUT2D eigenvalue weighted by Crippen LogP contribution is -2.44. The number of hydrogen-bond acceptors (Lipinski definition) is 2. The molecular formula is C16H29NOS. The monoisotopic (exact) mass is 283 g/mol. The molecule has 0 saturated heterocycles. The molecular weight excluding hydrogens is 254 g/mol. The summed E-state index contributed by atoms with van der Waals surface area (Å²) in [6, 6.07) is 0.427. The normalized spacial score (nSPS) is 30.8. The van der Waals surface area contributed by atoms with Gasteiger partial charge >= 0.3 is 0 Å². The summed E-state index contributed by atoms with van der Waals surface area (Å²) >= 11 is 1.91. The van der Waals surface area contributed by atoms with Crippen LogP contribution in [0.4, 0.5) is 0 Å². The average molecular weight is 283 g/mol. The molecule has 0 aromatic rings. The number of rotatable bonds is 4. The standard InChI is InChI=1S/C16H29NOS/c1-12-8-6-7-11-15(12)17-16(18)13(2)19-14-9-4-3-5-10-14/h12-15H,3-11H2,1-2H3,(H,17,18). The quantitative estimate of drug-likeness (QED) is 0.840. The van der Waals surface area contributed by atoms with Gasteiger partial charge in [-0.3, -0.25) is 4.79 Å². The van der Waals surface area contributed by atoms with Crippen LogP contribution in [0.1, 0.15) is 71.6 Å². The second kappa shape index (κ2) is 7.56. The third kappa shape index (κ3) is 4.70. The first-order chi connectivity index (χ1) is 9.16. The summed E-state index contributed by atoms with van der Waals surface area (Å²) in [5.74, 6) is 0.930. The van der Waals surface area contributed by atoms with Crippen LogP contribution in [0.15, 0.2) is 0 Å². The Bertz CT molecular complexity index is 288. The van der Waals surface area contributed by atoms with Gasteiger partial charge in [-0.05, 0) is 38.5 Å². The molecule has 1 amide bonds. The second-order valence-electron chi connectivity index (χ2n) is 6.42. The summed E-state index contributed by atoms with van der Waals surface area (Å²) in [4.78, 5) is 12.3. The van der Waals surface area contributed by atoms with Crippen molar-refractivity contribution in [2.75, 3.05) is 0 Å². The van der Waals surface area contributed by atoms with Crippen molar-refractivity contribution in [3.05, 3.63) is 0 Å². The zero-order valence-corrected chi connectivity index (χ0v) is 13.3. The van der Waals surface area contributed by atoms with Crippen LogP contribution in [-0.2, 0) is 4.79 Å². The molecule has 2 aliphatic carbocycles. The molecule has 0 spiro atoms. The predicted octanol–water partition coefficient (Wildman–Crippen LogP) is 4.14. The number of hydrogen-bond donors (Lipinski definition) is 1. The van der Waals surface area contributed by atoms with Gasteiger partial charge in [0.05, 0.1) is 5.25 Å². The van der Waals surface area contributed by atoms with Crippen molar-refractivity contribution >= 4 is 17.7 Å². The van der Waals surface area contributed by atoms with E-state index in [4.69, 9.17) is 0 Å². The largest absolute Gasteiger partial charge is 0.352 e. The summed E-state index contributed by atoms with van der Waals surface area (Å²) in [5, 5.41) is 4.14. The average Bonchev–Trinajstić information content (AvgIpc) is 2.42. The third-order valence-corrected chi connectivity index (χ3v) is 6.24. The van der Waals surface area contributed by atoms with E-state index in [-0.39, 0.29) is 11.2 Å². The highest BCUT2D eigenvalue weighted by Gasteiger charge is 2.26. The first-order valence-corrected chi connectivity index (χ1v) is 9.07. The topological polar surface area (TPSA) is 29.1 Å². The lowest BCUT2D eigenvalue weighted by Gasteiger charge is -2.31. The van der Waals surface area contributed by atoms with E-state index in [0.717, 1.165) is 5.25 Å². The molecule has 0 radical (unpaired) electrons. The van der Waals surface area contributed by atoms with Crippen LogP contribution in [0.5, 0.6) is 0 Å². The summed E-state index contributed by atoms with van der Waals surface area (Å²) in [6.45, 7) is 4.37. The van der Waals surface area contributed by atoms with E-state index < -0.39 is 0 Å². The van der Waals surface area contributed by atoms with Crippen LogP contribution in [0.25, 0.3) is 0 Å². The van der Waals surface area contributed by atoms with Crippen LogP contribution in [0.2, 0.25) is 0 Å². The maximum absolute atomic E-state index is 12.3. The molecule has 110 valence electrons. The molecule has 2 rings (SSSR count). The van der Waals surface area contributed by atoms with Crippen molar-refractivity contribution < 1.29 is 4.79 Å². The Kier molecular flexibility index (Phi) is 6.06. The Hall–Kier alpha value is -0.180. The van der Waals surface area contributed by atoms with E-state index in [1.807, 2.05) is 11.8 Å². The first kappa shape index (κ1) is 15.2. The van der Waals surface area contributed by atoms with Crippen LogP contribution in [0, 0.1) is 5.92 Å². The van der Waals surface area contributed by atoms with Gasteiger partial charge in [0.2, 0.25) is 5.91 Å². The smallest absolute Gasteiger partial charge is 0.233 e. The van der Waals surface area contributed by atoms with Gasteiger partial charge in [-0.15, -0.1) is 11.8 Å². The molecule has 3 atom stereocenters. The van der Waals surface area contributed by atoms with Crippen molar-refractivity contribution in [3.63, 3.8) is 0 Å². The van der Waals surface area contributed by atoms with Crippen LogP contribution < -0.4 is 5.32 Å². The second-order valence-corrected chi connectivity index (χ2v) is 8.06. The molecule has 0 aromatic carbocycles. The molecule has 3 heteroatoms. The number of nitrogens with one attached hydrogen (secondary N) is 1. The molecule has 0 bridgehead atoms. The van der Waals surface area contributed by atoms with Crippen LogP contribution >= 0.6 is 11.8 Å². The maximum Gasteiger partial charge on any atom is 0.233 e. The van der Waals surface area contributed by atoms with E-state index >= 15 is 0 Å². The summed E-state index contributed by atoms with van der Waals surface area (Å²) in [6.07, 6.45) is 11.8. The van der Waals surface area contributed by atoms with Gasteiger partial charge in [-0.1, -0.05) is 39.0 Å². The zero-order chi connectivity index (χ0) is 13.7. The fourth-order valence-electron chi connectivity index (χ4n) is 3.38. The van der Waals surface area contributed by atoms with Crippen molar-refractivity contribution in [2.24, 2.45) is 5.92 Å². The van der Waals surface area contributed by atoms with Crippen molar-refractivity contribution in [2.45, 2.75) is 88.2 Å². The Labute approximate surface area is 122 Å². The van der Waals surface area contributed by atoms with Gasteiger partial charge in [0.1, 0.15) is 0 Å². The minimum absolute atomic E-state index is 0.122. The van der Waals surface area contributed by atoms with Gasteiger partial charge in [0, 0.05) is 11.3 Å². The predicted molar refractivity (Wildman–Crippen MR) is 83.5 cm³/mol. The van der Waals surface area contributed by atoms with E-state index in [1.54, 1.807) is 0 Å². The Morgan fingerprint density at radius 3 is 2.37 bits per heavy atom. The number of carbonyl (C=O) groups is 1. The minimum Gasteiger partial charge on any atom is -0.352 e. The third-order valence-electron chi connectivity index (χ3n) is 4.76. The summed E-state index contributed by atoms with van der Waals surface area (Å²) < 4.78 is 0. The Morgan fingerprint density at radius 1 is 1.05 bits per heavy atom. The fraction of sp³-hybridized carbons (Fsp3) is 0.938. The number of amides is 1. The molecule has 2 saturated carbocycles. The van der Waals surface area contributed by atoms with E-state index in [1.165, 1.54) is 57.8 Å². The minimum atomic E-state index is 0.122. The zero-order valence-electron chi connectivity index (χ0n) is 12.5. The molecule has 2 nitrogen and oxygen atoms in total. The molecule has 3 unspecified atom stereocenters. The maximum atomic E-state index is 12.3. The Morgan fingerprint density at radius 2 is 1.68 bits per heavy atom. The molecule has 2 fully saturated rings. The van der Waals surface area contributed by atoms with Gasteiger partial charge < -0.3 is 5.32 Å². The number of thioether (sulfide) groups is 1. The highest BCUT2D eigenvalue weighted by molar-refractivity contribution is 8.01. The lowest BCUT2D eigenvalue weighted by atomic mass is 9.86. The van der Waals surface area contributed by atoms with Gasteiger partial charge in [0.15, 0.2) is 0 Å². The van der Waals surface area contributed by atoms with Gasteiger partial charge in [-0.2, -0.15) is 0 Å².